The van der Waals surface area contributed by atoms with Crippen molar-refractivity contribution in [2.45, 2.75) is 6.54 Å². The normalized spacial score (nSPS) is 10.4. The van der Waals surface area contributed by atoms with Crippen LogP contribution in [0.3, 0.4) is 0 Å². The van der Waals surface area contributed by atoms with E-state index in [1.165, 1.54) is 23.4 Å². The fourth-order valence-electron chi connectivity index (χ4n) is 2.46. The summed E-state index contributed by atoms with van der Waals surface area (Å²) in [5, 5.41) is 0.836. The predicted molar refractivity (Wildman–Crippen MR) is 112 cm³/mol. The Morgan fingerprint density at radius 2 is 1.87 bits per heavy atom. The summed E-state index contributed by atoms with van der Waals surface area (Å²) in [6.07, 6.45) is 4.57. The van der Waals surface area contributed by atoms with E-state index in [0.717, 1.165) is 5.56 Å². The molecule has 3 rings (SSSR count). The number of halogens is 2. The first-order chi connectivity index (χ1) is 14.4. The molecule has 0 radical (unpaired) electrons. The molecule has 0 saturated carbocycles. The van der Waals surface area contributed by atoms with E-state index >= 15 is 0 Å². The fraction of sp³-hybridized carbons (Fsp3) is 0.143. The number of carbonyl (C=O) groups excluding carboxylic acids is 2. The zero-order valence-corrected chi connectivity index (χ0v) is 17.4. The number of nitrogens with zero attached hydrogens (tertiary/aromatic N) is 3. The smallest absolute Gasteiger partial charge is 0.344 e. The summed E-state index contributed by atoms with van der Waals surface area (Å²) < 4.78 is 10.7. The molecular weight excluding hydrogens is 429 g/mol. The Hall–Kier alpha value is -3.16. The van der Waals surface area contributed by atoms with Gasteiger partial charge in [-0.15, -0.1) is 0 Å². The molecule has 0 fully saturated rings. The Morgan fingerprint density at radius 3 is 2.60 bits per heavy atom. The summed E-state index contributed by atoms with van der Waals surface area (Å²) in [6.45, 7) is -0.145. The fourth-order valence-corrected chi connectivity index (χ4v) is 2.78. The average molecular weight is 446 g/mol. The lowest BCUT2D eigenvalue weighted by molar-refractivity contribution is -0.133. The van der Waals surface area contributed by atoms with Crippen molar-refractivity contribution in [3.8, 4) is 11.6 Å². The highest BCUT2D eigenvalue weighted by atomic mass is 35.5. The van der Waals surface area contributed by atoms with Crippen LogP contribution in [0.25, 0.3) is 0 Å². The third-order valence-corrected chi connectivity index (χ3v) is 4.74. The van der Waals surface area contributed by atoms with Gasteiger partial charge in [-0.1, -0.05) is 29.3 Å². The molecule has 9 heteroatoms. The molecule has 0 aliphatic heterocycles. The van der Waals surface area contributed by atoms with Crippen LogP contribution in [-0.4, -0.2) is 40.4 Å². The molecule has 0 N–H and O–H groups in total. The topological polar surface area (TPSA) is 81.6 Å². The van der Waals surface area contributed by atoms with E-state index in [0.29, 0.717) is 15.8 Å². The molecule has 2 heterocycles. The lowest BCUT2D eigenvalue weighted by Crippen LogP contribution is -2.30. The summed E-state index contributed by atoms with van der Waals surface area (Å²) in [5.41, 5.74) is 0.896. The third-order valence-electron chi connectivity index (χ3n) is 4.00. The van der Waals surface area contributed by atoms with Crippen LogP contribution in [0.2, 0.25) is 10.0 Å². The number of hydrogen-bond acceptors (Lipinski definition) is 6. The summed E-state index contributed by atoms with van der Waals surface area (Å²) in [7, 11) is 1.60. The van der Waals surface area contributed by atoms with Gasteiger partial charge >= 0.3 is 5.97 Å². The van der Waals surface area contributed by atoms with Gasteiger partial charge in [-0.3, -0.25) is 9.78 Å². The predicted octanol–water partition coefficient (Wildman–Crippen LogP) is 4.39. The van der Waals surface area contributed by atoms with Crippen LogP contribution in [-0.2, 0) is 16.1 Å². The molecule has 3 aromatic rings. The van der Waals surface area contributed by atoms with Crippen molar-refractivity contribution in [2.24, 2.45) is 0 Å². The molecule has 7 nitrogen and oxygen atoms in total. The lowest BCUT2D eigenvalue weighted by Gasteiger charge is -2.17. The molecule has 0 bridgehead atoms. The van der Waals surface area contributed by atoms with Gasteiger partial charge in [0.15, 0.2) is 6.61 Å². The molecule has 30 heavy (non-hydrogen) atoms. The van der Waals surface area contributed by atoms with Crippen molar-refractivity contribution < 1.29 is 19.1 Å². The number of aromatic nitrogens is 2. The highest BCUT2D eigenvalue weighted by molar-refractivity contribution is 6.42. The first-order valence-electron chi connectivity index (χ1n) is 8.82. The Morgan fingerprint density at radius 1 is 1.07 bits per heavy atom. The van der Waals surface area contributed by atoms with Crippen LogP contribution < -0.4 is 4.74 Å². The molecule has 1 amide bonds. The van der Waals surface area contributed by atoms with Crippen molar-refractivity contribution in [1.29, 1.82) is 0 Å². The number of likely N-dealkylation sites (N-methyl/N-ethyl adjacent to an activating group) is 1. The molecule has 0 unspecified atom stereocenters. The number of pyridine rings is 2. The highest BCUT2D eigenvalue weighted by Gasteiger charge is 2.19. The van der Waals surface area contributed by atoms with Gasteiger partial charge in [-0.25, -0.2) is 9.78 Å². The molecule has 1 aromatic carbocycles. The molecule has 0 aliphatic carbocycles. The largest absolute Gasteiger partial charge is 0.452 e. The van der Waals surface area contributed by atoms with Crippen LogP contribution in [0, 0.1) is 0 Å². The first kappa shape index (κ1) is 21.5. The summed E-state index contributed by atoms with van der Waals surface area (Å²) in [4.78, 5) is 34.2. The highest BCUT2D eigenvalue weighted by Crippen LogP contribution is 2.24. The van der Waals surface area contributed by atoms with Gasteiger partial charge < -0.3 is 14.4 Å². The lowest BCUT2D eigenvalue weighted by atomic mass is 10.2. The van der Waals surface area contributed by atoms with E-state index < -0.39 is 12.6 Å². The maximum atomic E-state index is 12.5. The number of carbonyl (C=O) groups is 2. The van der Waals surface area contributed by atoms with E-state index in [-0.39, 0.29) is 23.9 Å². The van der Waals surface area contributed by atoms with Crippen molar-refractivity contribution in [3.05, 3.63) is 82.2 Å². The summed E-state index contributed by atoms with van der Waals surface area (Å²) in [6, 6.07) is 11.6. The maximum absolute atomic E-state index is 12.5. The number of ether oxygens (including phenoxy) is 2. The Balaban J connectivity index is 1.59. The van der Waals surface area contributed by atoms with E-state index in [2.05, 4.69) is 9.97 Å². The van der Waals surface area contributed by atoms with Crippen LogP contribution >= 0.6 is 23.2 Å². The van der Waals surface area contributed by atoms with Gasteiger partial charge in [0.1, 0.15) is 11.3 Å². The second kappa shape index (κ2) is 10.0. The molecule has 0 saturated heterocycles. The molecule has 2 aromatic heterocycles. The van der Waals surface area contributed by atoms with E-state index in [1.54, 1.807) is 49.6 Å². The van der Waals surface area contributed by atoms with Crippen molar-refractivity contribution in [3.63, 3.8) is 0 Å². The molecule has 0 spiro atoms. The minimum Gasteiger partial charge on any atom is -0.452 e. The second-order valence-electron chi connectivity index (χ2n) is 6.22. The van der Waals surface area contributed by atoms with Gasteiger partial charge in [-0.2, -0.15) is 0 Å². The standard InChI is InChI=1S/C21H17Cl2N3O4/c1-26(12-14-6-7-17(22)18(23)10-14)19(27)13-29-21(28)16-5-3-9-25-20(16)30-15-4-2-8-24-11-15/h2-11H,12-13H2,1H3. The average Bonchev–Trinajstić information content (AvgIpc) is 2.75. The Kier molecular flexibility index (Phi) is 7.21. The van der Waals surface area contributed by atoms with Gasteiger partial charge in [0.2, 0.25) is 5.88 Å². The molecule has 154 valence electrons. The molecular formula is C21H17Cl2N3O4. The van der Waals surface area contributed by atoms with E-state index in [9.17, 15) is 9.59 Å². The zero-order chi connectivity index (χ0) is 21.5. The third kappa shape index (κ3) is 5.68. The van der Waals surface area contributed by atoms with Crippen LogP contribution in [0.1, 0.15) is 15.9 Å². The van der Waals surface area contributed by atoms with Crippen LogP contribution in [0.15, 0.2) is 61.1 Å². The minimum atomic E-state index is -0.724. The molecule has 0 aliphatic rings. The van der Waals surface area contributed by atoms with Gasteiger partial charge in [0.05, 0.1) is 16.2 Å². The number of benzene rings is 1. The Bertz CT molecular complexity index is 1050. The Labute approximate surface area is 183 Å². The summed E-state index contributed by atoms with van der Waals surface area (Å²) >= 11 is 11.9. The number of esters is 1. The molecule has 0 atom stereocenters. The SMILES string of the molecule is CN(Cc1ccc(Cl)c(Cl)c1)C(=O)COC(=O)c1cccnc1Oc1cccnc1. The number of rotatable bonds is 7. The van der Waals surface area contributed by atoms with Gasteiger partial charge in [0.25, 0.3) is 5.91 Å². The second-order valence-corrected chi connectivity index (χ2v) is 7.04. The monoisotopic (exact) mass is 445 g/mol. The van der Waals surface area contributed by atoms with Crippen LogP contribution in [0.4, 0.5) is 0 Å². The van der Waals surface area contributed by atoms with E-state index in [4.69, 9.17) is 32.7 Å². The maximum Gasteiger partial charge on any atom is 0.344 e. The van der Waals surface area contributed by atoms with Crippen molar-refractivity contribution >= 4 is 35.1 Å². The summed E-state index contributed by atoms with van der Waals surface area (Å²) in [5.74, 6) is -0.624. The van der Waals surface area contributed by atoms with Crippen LogP contribution in [0.5, 0.6) is 11.6 Å². The number of amides is 1. The number of hydrogen-bond donors (Lipinski definition) is 0. The zero-order valence-electron chi connectivity index (χ0n) is 15.9. The van der Waals surface area contributed by atoms with Crippen molar-refractivity contribution in [2.75, 3.05) is 13.7 Å². The first-order valence-corrected chi connectivity index (χ1v) is 9.57. The van der Waals surface area contributed by atoms with E-state index in [1.807, 2.05) is 0 Å². The van der Waals surface area contributed by atoms with Gasteiger partial charge in [0, 0.05) is 26.0 Å². The quantitative estimate of drug-likeness (QED) is 0.501. The van der Waals surface area contributed by atoms with Gasteiger partial charge in [-0.05, 0) is 42.0 Å². The van der Waals surface area contributed by atoms with Crippen molar-refractivity contribution in [1.82, 2.24) is 14.9 Å². The minimum absolute atomic E-state index is 0.0621.